The zero-order valence-corrected chi connectivity index (χ0v) is 11.6. The first-order valence-corrected chi connectivity index (χ1v) is 7.87. The normalized spacial score (nSPS) is 30.5. The minimum atomic E-state index is -0.235. The van der Waals surface area contributed by atoms with Crippen LogP contribution in [0.5, 0.6) is 0 Å². The number of nitrogens with zero attached hydrogens (tertiary/aromatic N) is 1. The van der Waals surface area contributed by atoms with Crippen molar-refractivity contribution in [2.45, 2.75) is 82.3 Å². The molecular formula is C15H24N2O2. The highest BCUT2D eigenvalue weighted by atomic mass is 16.2. The maximum absolute atomic E-state index is 12.4. The van der Waals surface area contributed by atoms with Gasteiger partial charge in [0.05, 0.1) is 12.5 Å². The summed E-state index contributed by atoms with van der Waals surface area (Å²) in [6.45, 7) is 0. The number of imide groups is 1. The van der Waals surface area contributed by atoms with Crippen molar-refractivity contribution in [3.05, 3.63) is 0 Å². The van der Waals surface area contributed by atoms with Crippen LogP contribution in [-0.2, 0) is 9.59 Å². The van der Waals surface area contributed by atoms with E-state index >= 15 is 0 Å². The SMILES string of the molecule is O=C1CC(NC2CCC2)C(=O)N1C1CCCCCC1. The van der Waals surface area contributed by atoms with E-state index in [0.717, 1.165) is 38.5 Å². The molecule has 2 amide bonds. The first-order valence-electron chi connectivity index (χ1n) is 7.87. The van der Waals surface area contributed by atoms with Crippen LogP contribution in [0.1, 0.15) is 64.2 Å². The van der Waals surface area contributed by atoms with E-state index in [1.54, 1.807) is 4.90 Å². The van der Waals surface area contributed by atoms with E-state index in [0.29, 0.717) is 12.5 Å². The van der Waals surface area contributed by atoms with Gasteiger partial charge in [-0.1, -0.05) is 32.1 Å². The fraction of sp³-hybridized carbons (Fsp3) is 0.867. The number of hydrogen-bond donors (Lipinski definition) is 1. The summed E-state index contributed by atoms with van der Waals surface area (Å²) in [7, 11) is 0. The van der Waals surface area contributed by atoms with Crippen molar-refractivity contribution in [1.82, 2.24) is 10.2 Å². The number of nitrogens with one attached hydrogen (secondary N) is 1. The van der Waals surface area contributed by atoms with Gasteiger partial charge in [-0.15, -0.1) is 0 Å². The third kappa shape index (κ3) is 2.69. The minimum Gasteiger partial charge on any atom is -0.303 e. The lowest BCUT2D eigenvalue weighted by Crippen LogP contribution is -2.48. The van der Waals surface area contributed by atoms with Gasteiger partial charge in [0.25, 0.3) is 0 Å². The molecule has 1 aliphatic heterocycles. The number of carbonyl (C=O) groups is 2. The van der Waals surface area contributed by atoms with Gasteiger partial charge in [-0.2, -0.15) is 0 Å². The van der Waals surface area contributed by atoms with E-state index < -0.39 is 0 Å². The molecule has 0 aromatic heterocycles. The van der Waals surface area contributed by atoms with Crippen LogP contribution in [0.25, 0.3) is 0 Å². The highest BCUT2D eigenvalue weighted by molar-refractivity contribution is 6.05. The number of rotatable bonds is 3. The van der Waals surface area contributed by atoms with Crippen LogP contribution < -0.4 is 5.32 Å². The molecule has 3 aliphatic rings. The van der Waals surface area contributed by atoms with E-state index in [1.807, 2.05) is 0 Å². The Morgan fingerprint density at radius 2 is 1.58 bits per heavy atom. The summed E-state index contributed by atoms with van der Waals surface area (Å²) in [6.07, 6.45) is 10.8. The molecule has 1 heterocycles. The van der Waals surface area contributed by atoms with Crippen LogP contribution in [-0.4, -0.2) is 34.8 Å². The fourth-order valence-electron chi connectivity index (χ4n) is 3.54. The van der Waals surface area contributed by atoms with Crippen LogP contribution in [0.3, 0.4) is 0 Å². The summed E-state index contributed by atoms with van der Waals surface area (Å²) in [6, 6.07) is 0.410. The van der Waals surface area contributed by atoms with Gasteiger partial charge in [0, 0.05) is 12.1 Å². The quantitative estimate of drug-likeness (QED) is 0.626. The molecule has 1 N–H and O–H groups in total. The first-order chi connectivity index (χ1) is 9.25. The van der Waals surface area contributed by atoms with E-state index in [1.165, 1.54) is 19.3 Å². The van der Waals surface area contributed by atoms with E-state index in [-0.39, 0.29) is 23.9 Å². The first kappa shape index (κ1) is 13.1. The Morgan fingerprint density at radius 1 is 0.895 bits per heavy atom. The Bertz CT molecular complexity index is 357. The molecule has 0 spiro atoms. The predicted octanol–water partition coefficient (Wildman–Crippen LogP) is 1.98. The molecule has 19 heavy (non-hydrogen) atoms. The average molecular weight is 264 g/mol. The third-order valence-electron chi connectivity index (χ3n) is 4.91. The number of likely N-dealkylation sites (tertiary alicyclic amines) is 1. The largest absolute Gasteiger partial charge is 0.303 e. The molecule has 0 aromatic carbocycles. The zero-order chi connectivity index (χ0) is 13.2. The van der Waals surface area contributed by atoms with Crippen molar-refractivity contribution in [2.75, 3.05) is 0 Å². The maximum Gasteiger partial charge on any atom is 0.247 e. The summed E-state index contributed by atoms with van der Waals surface area (Å²) < 4.78 is 0. The molecule has 3 rings (SSSR count). The molecule has 2 aliphatic carbocycles. The third-order valence-corrected chi connectivity index (χ3v) is 4.91. The van der Waals surface area contributed by atoms with E-state index in [4.69, 9.17) is 0 Å². The maximum atomic E-state index is 12.4. The van der Waals surface area contributed by atoms with Crippen LogP contribution >= 0.6 is 0 Å². The topological polar surface area (TPSA) is 49.4 Å². The predicted molar refractivity (Wildman–Crippen MR) is 72.5 cm³/mol. The molecule has 106 valence electrons. The summed E-state index contributed by atoms with van der Waals surface area (Å²) in [4.78, 5) is 26.2. The van der Waals surface area contributed by atoms with Gasteiger partial charge >= 0.3 is 0 Å². The van der Waals surface area contributed by atoms with E-state index in [2.05, 4.69) is 5.32 Å². The summed E-state index contributed by atoms with van der Waals surface area (Å²) >= 11 is 0. The number of carbonyl (C=O) groups excluding carboxylic acids is 2. The van der Waals surface area contributed by atoms with Crippen LogP contribution in [0, 0.1) is 0 Å². The van der Waals surface area contributed by atoms with Crippen molar-refractivity contribution >= 4 is 11.8 Å². The summed E-state index contributed by atoms with van der Waals surface area (Å²) in [5.74, 6) is 0.0949. The minimum absolute atomic E-state index is 0.0452. The van der Waals surface area contributed by atoms with Gasteiger partial charge in [-0.05, 0) is 25.7 Å². The lowest BCUT2D eigenvalue weighted by atomic mass is 9.92. The van der Waals surface area contributed by atoms with Gasteiger partial charge in [-0.3, -0.25) is 14.5 Å². The summed E-state index contributed by atoms with van der Waals surface area (Å²) in [5, 5.41) is 3.37. The van der Waals surface area contributed by atoms with Gasteiger partial charge in [-0.25, -0.2) is 0 Å². The van der Waals surface area contributed by atoms with E-state index in [9.17, 15) is 9.59 Å². The van der Waals surface area contributed by atoms with Gasteiger partial charge in [0.1, 0.15) is 0 Å². The van der Waals surface area contributed by atoms with Crippen molar-refractivity contribution in [2.24, 2.45) is 0 Å². The number of amides is 2. The molecule has 0 bridgehead atoms. The highest BCUT2D eigenvalue weighted by Gasteiger charge is 2.43. The smallest absolute Gasteiger partial charge is 0.247 e. The Morgan fingerprint density at radius 3 is 2.16 bits per heavy atom. The number of hydrogen-bond acceptors (Lipinski definition) is 3. The van der Waals surface area contributed by atoms with Crippen LogP contribution in [0.4, 0.5) is 0 Å². The molecule has 2 saturated carbocycles. The Balaban J connectivity index is 1.63. The van der Waals surface area contributed by atoms with Crippen LogP contribution in [0.15, 0.2) is 0 Å². The zero-order valence-electron chi connectivity index (χ0n) is 11.6. The average Bonchev–Trinajstić information content (AvgIpc) is 2.57. The lowest BCUT2D eigenvalue weighted by Gasteiger charge is -2.30. The standard InChI is InChI=1S/C15H24N2O2/c18-14-10-13(16-11-6-5-7-11)15(19)17(14)12-8-3-1-2-4-9-12/h11-13,16H,1-10H2. The van der Waals surface area contributed by atoms with Crippen molar-refractivity contribution in [3.63, 3.8) is 0 Å². The molecule has 0 aromatic rings. The highest BCUT2D eigenvalue weighted by Crippen LogP contribution is 2.28. The second-order valence-electron chi connectivity index (χ2n) is 6.30. The van der Waals surface area contributed by atoms with Crippen molar-refractivity contribution < 1.29 is 9.59 Å². The molecule has 0 radical (unpaired) electrons. The van der Waals surface area contributed by atoms with Crippen molar-refractivity contribution in [3.8, 4) is 0 Å². The molecule has 4 nitrogen and oxygen atoms in total. The van der Waals surface area contributed by atoms with Gasteiger partial charge < -0.3 is 5.32 Å². The van der Waals surface area contributed by atoms with Gasteiger partial charge in [0.2, 0.25) is 11.8 Å². The van der Waals surface area contributed by atoms with Gasteiger partial charge in [0.15, 0.2) is 0 Å². The summed E-state index contributed by atoms with van der Waals surface area (Å²) in [5.41, 5.74) is 0. The Kier molecular flexibility index (Phi) is 3.87. The van der Waals surface area contributed by atoms with Crippen LogP contribution in [0.2, 0.25) is 0 Å². The Labute approximate surface area is 114 Å². The Hall–Kier alpha value is -0.900. The lowest BCUT2D eigenvalue weighted by molar-refractivity contribution is -0.142. The molecular weight excluding hydrogens is 240 g/mol. The monoisotopic (exact) mass is 264 g/mol. The molecule has 1 saturated heterocycles. The molecule has 1 unspecified atom stereocenters. The molecule has 4 heteroatoms. The van der Waals surface area contributed by atoms with Crippen molar-refractivity contribution in [1.29, 1.82) is 0 Å². The fourth-order valence-corrected chi connectivity index (χ4v) is 3.54. The molecule has 3 fully saturated rings. The second-order valence-corrected chi connectivity index (χ2v) is 6.30. The second kappa shape index (κ2) is 5.61. The molecule has 1 atom stereocenters.